The smallest absolute Gasteiger partial charge is 0.149 e. The molecule has 0 amide bonds. The largest absolute Gasteiger partial charge is 0.393 e. The van der Waals surface area contributed by atoms with Crippen molar-refractivity contribution in [2.24, 2.45) is 0 Å². The third-order valence-electron chi connectivity index (χ3n) is 1.58. The molecule has 0 radical (unpaired) electrons. The maximum atomic E-state index is 12.9. The van der Waals surface area contributed by atoms with Gasteiger partial charge in [0.15, 0.2) is 0 Å². The summed E-state index contributed by atoms with van der Waals surface area (Å²) in [6.07, 6.45) is -1.46. The highest BCUT2D eigenvalue weighted by Crippen LogP contribution is 2.19. The molecule has 0 aliphatic carbocycles. The number of aliphatic hydroxyl groups excluding tert-OH is 1. The van der Waals surface area contributed by atoms with Gasteiger partial charge in [-0.25, -0.2) is 4.39 Å². The second kappa shape index (κ2) is 3.84. The second-order valence-electron chi connectivity index (χ2n) is 2.35. The molecule has 0 aliphatic rings. The summed E-state index contributed by atoms with van der Waals surface area (Å²) in [4.78, 5) is 0. The summed E-state index contributed by atoms with van der Waals surface area (Å²) in [6.45, 7) is -0.585. The molecule has 62 valence electrons. The molecule has 1 unspecified atom stereocenters. The molecule has 1 aromatic rings. The average Bonchev–Trinajstić information content (AvgIpc) is 2.16. The van der Waals surface area contributed by atoms with Gasteiger partial charge in [0, 0.05) is 5.56 Å². The molecule has 1 rings (SSSR count). The van der Waals surface area contributed by atoms with E-state index in [-0.39, 0.29) is 11.1 Å². The molecule has 0 spiro atoms. The standard InChI is InChI=1S/C9H8FNO/c10-9(6-12)8-4-2-1-3-7(8)5-11/h1-4,9,12H,6H2. The number of nitriles is 1. The minimum Gasteiger partial charge on any atom is -0.393 e. The highest BCUT2D eigenvalue weighted by Gasteiger charge is 2.11. The van der Waals surface area contributed by atoms with E-state index in [0.29, 0.717) is 0 Å². The van der Waals surface area contributed by atoms with Crippen LogP contribution in [0.25, 0.3) is 0 Å². The Labute approximate surface area is 69.9 Å². The fourth-order valence-electron chi connectivity index (χ4n) is 0.970. The fourth-order valence-corrected chi connectivity index (χ4v) is 0.970. The zero-order valence-electron chi connectivity index (χ0n) is 6.37. The van der Waals surface area contributed by atoms with Gasteiger partial charge in [0.25, 0.3) is 0 Å². The topological polar surface area (TPSA) is 44.0 Å². The Bertz CT molecular complexity index is 306. The molecule has 0 bridgehead atoms. The van der Waals surface area contributed by atoms with E-state index in [1.807, 2.05) is 6.07 Å². The summed E-state index contributed by atoms with van der Waals surface area (Å²) in [5.41, 5.74) is 0.529. The van der Waals surface area contributed by atoms with Crippen molar-refractivity contribution in [3.8, 4) is 6.07 Å². The summed E-state index contributed by atoms with van der Waals surface area (Å²) in [5, 5.41) is 17.1. The third-order valence-corrected chi connectivity index (χ3v) is 1.58. The van der Waals surface area contributed by atoms with Gasteiger partial charge in [-0.2, -0.15) is 5.26 Å². The number of aliphatic hydroxyl groups is 1. The van der Waals surface area contributed by atoms with Crippen LogP contribution in [0.3, 0.4) is 0 Å². The molecule has 2 nitrogen and oxygen atoms in total. The summed E-state index contributed by atoms with van der Waals surface area (Å²) in [7, 11) is 0. The number of alkyl halides is 1. The maximum Gasteiger partial charge on any atom is 0.149 e. The Hall–Kier alpha value is -1.40. The van der Waals surface area contributed by atoms with Gasteiger partial charge in [0.2, 0.25) is 0 Å². The Morgan fingerprint density at radius 3 is 2.75 bits per heavy atom. The van der Waals surface area contributed by atoms with Crippen molar-refractivity contribution in [3.63, 3.8) is 0 Å². The lowest BCUT2D eigenvalue weighted by Crippen LogP contribution is -1.99. The highest BCUT2D eigenvalue weighted by molar-refractivity contribution is 5.38. The quantitative estimate of drug-likeness (QED) is 0.722. The van der Waals surface area contributed by atoms with E-state index in [9.17, 15) is 4.39 Å². The van der Waals surface area contributed by atoms with E-state index in [1.165, 1.54) is 12.1 Å². The summed E-state index contributed by atoms with van der Waals surface area (Å²) in [6, 6.07) is 8.18. The van der Waals surface area contributed by atoms with Crippen molar-refractivity contribution in [2.75, 3.05) is 6.61 Å². The molecule has 1 atom stereocenters. The molecule has 0 fully saturated rings. The van der Waals surface area contributed by atoms with Gasteiger partial charge in [-0.1, -0.05) is 18.2 Å². The van der Waals surface area contributed by atoms with E-state index in [1.54, 1.807) is 12.1 Å². The Balaban J connectivity index is 3.07. The predicted octanol–water partition coefficient (Wildman–Crippen LogP) is 1.56. The van der Waals surface area contributed by atoms with Gasteiger partial charge < -0.3 is 5.11 Å². The predicted molar refractivity (Wildman–Crippen MR) is 42.1 cm³/mol. The van der Waals surface area contributed by atoms with Crippen LogP contribution >= 0.6 is 0 Å². The molecule has 1 N–H and O–H groups in total. The minimum atomic E-state index is -1.46. The zero-order valence-corrected chi connectivity index (χ0v) is 6.37. The normalized spacial score (nSPS) is 12.1. The zero-order chi connectivity index (χ0) is 8.97. The summed E-state index contributed by atoms with van der Waals surface area (Å²) < 4.78 is 12.9. The number of benzene rings is 1. The van der Waals surface area contributed by atoms with Crippen LogP contribution in [0.15, 0.2) is 24.3 Å². The molecule has 1 aromatic carbocycles. The van der Waals surface area contributed by atoms with Crippen LogP contribution in [0.2, 0.25) is 0 Å². The molecular weight excluding hydrogens is 157 g/mol. The Morgan fingerprint density at radius 1 is 1.50 bits per heavy atom. The average molecular weight is 165 g/mol. The number of nitrogens with zero attached hydrogens (tertiary/aromatic N) is 1. The van der Waals surface area contributed by atoms with Gasteiger partial charge in [0.05, 0.1) is 18.2 Å². The molecule has 0 heterocycles. The van der Waals surface area contributed by atoms with E-state index >= 15 is 0 Å². The molecule has 0 aromatic heterocycles. The van der Waals surface area contributed by atoms with E-state index in [0.717, 1.165) is 0 Å². The molecule has 3 heteroatoms. The van der Waals surface area contributed by atoms with E-state index in [4.69, 9.17) is 10.4 Å². The van der Waals surface area contributed by atoms with E-state index in [2.05, 4.69) is 0 Å². The molecular formula is C9H8FNO. The van der Waals surface area contributed by atoms with Crippen molar-refractivity contribution in [1.29, 1.82) is 5.26 Å². The SMILES string of the molecule is N#Cc1ccccc1C(F)CO. The van der Waals surface area contributed by atoms with Crippen LogP contribution in [0.4, 0.5) is 4.39 Å². The molecule has 0 saturated carbocycles. The van der Waals surface area contributed by atoms with Crippen molar-refractivity contribution >= 4 is 0 Å². The number of hydrogen-bond donors (Lipinski definition) is 1. The Kier molecular flexibility index (Phi) is 2.78. The molecule has 0 saturated heterocycles. The van der Waals surface area contributed by atoms with Gasteiger partial charge >= 0.3 is 0 Å². The highest BCUT2D eigenvalue weighted by atomic mass is 19.1. The van der Waals surface area contributed by atoms with Crippen LogP contribution in [0, 0.1) is 11.3 Å². The minimum absolute atomic E-state index is 0.252. The fraction of sp³-hybridized carbons (Fsp3) is 0.222. The summed E-state index contributed by atoms with van der Waals surface area (Å²) >= 11 is 0. The first-order valence-electron chi connectivity index (χ1n) is 3.53. The van der Waals surface area contributed by atoms with Crippen molar-refractivity contribution in [1.82, 2.24) is 0 Å². The molecule has 0 aliphatic heterocycles. The van der Waals surface area contributed by atoms with Gasteiger partial charge in [-0.15, -0.1) is 0 Å². The first-order chi connectivity index (χ1) is 5.79. The summed E-state index contributed by atoms with van der Waals surface area (Å²) in [5.74, 6) is 0. The lowest BCUT2D eigenvalue weighted by molar-refractivity contribution is 0.179. The Morgan fingerprint density at radius 2 is 2.17 bits per heavy atom. The number of hydrogen-bond acceptors (Lipinski definition) is 2. The monoisotopic (exact) mass is 165 g/mol. The van der Waals surface area contributed by atoms with Crippen LogP contribution in [-0.2, 0) is 0 Å². The maximum absolute atomic E-state index is 12.9. The van der Waals surface area contributed by atoms with Crippen molar-refractivity contribution in [3.05, 3.63) is 35.4 Å². The lowest BCUT2D eigenvalue weighted by atomic mass is 10.1. The number of rotatable bonds is 2. The first kappa shape index (κ1) is 8.69. The van der Waals surface area contributed by atoms with Gasteiger partial charge in [-0.3, -0.25) is 0 Å². The van der Waals surface area contributed by atoms with Crippen LogP contribution in [0.1, 0.15) is 17.3 Å². The molecule has 12 heavy (non-hydrogen) atoms. The number of halogens is 1. The van der Waals surface area contributed by atoms with Crippen LogP contribution < -0.4 is 0 Å². The lowest BCUT2D eigenvalue weighted by Gasteiger charge is -2.05. The van der Waals surface area contributed by atoms with Crippen LogP contribution in [0.5, 0.6) is 0 Å². The van der Waals surface area contributed by atoms with Crippen molar-refractivity contribution < 1.29 is 9.50 Å². The third kappa shape index (κ3) is 1.60. The van der Waals surface area contributed by atoms with Crippen LogP contribution in [-0.4, -0.2) is 11.7 Å². The van der Waals surface area contributed by atoms with E-state index < -0.39 is 12.8 Å². The van der Waals surface area contributed by atoms with Gasteiger partial charge in [-0.05, 0) is 6.07 Å². The van der Waals surface area contributed by atoms with Crippen molar-refractivity contribution in [2.45, 2.75) is 6.17 Å². The first-order valence-corrected chi connectivity index (χ1v) is 3.53. The van der Waals surface area contributed by atoms with Gasteiger partial charge in [0.1, 0.15) is 6.17 Å². The second-order valence-corrected chi connectivity index (χ2v) is 2.35.